The second kappa shape index (κ2) is 8.36. The zero-order valence-electron chi connectivity index (χ0n) is 11.2. The minimum atomic E-state index is -5.19. The number of carboxylic acids is 1. The Morgan fingerprint density at radius 3 is 2.00 bits per heavy atom. The fourth-order valence-corrected chi connectivity index (χ4v) is 1.86. The Hall–Kier alpha value is -1.30. The molecule has 0 radical (unpaired) electrons. The molecule has 0 aliphatic rings. The summed E-state index contributed by atoms with van der Waals surface area (Å²) < 4.78 is 53.5. The van der Waals surface area contributed by atoms with E-state index in [2.05, 4.69) is 18.4 Å². The van der Waals surface area contributed by atoms with Gasteiger partial charge in [0.05, 0.1) is 10.9 Å². The van der Waals surface area contributed by atoms with Crippen LogP contribution < -0.4 is 16.0 Å². The largest absolute Gasteiger partial charge is 0.542 e. The van der Waals surface area contributed by atoms with Crippen molar-refractivity contribution in [3.8, 4) is 0 Å². The van der Waals surface area contributed by atoms with E-state index in [9.17, 15) is 21.6 Å². The standard InChI is InChI=1S/C9H14N2O2S2.C2HF3O2/c10-8(6-14)5-7-1-3-9(4-2-7)15(11,12)13;3-2(4,5)1(6)7/h1-4,8,14H,5-6,10H2,(H2,11,12,13);(H,6,7). The van der Waals surface area contributed by atoms with E-state index in [1.54, 1.807) is 12.1 Å². The number of hydrogen-bond donors (Lipinski definition) is 3. The summed E-state index contributed by atoms with van der Waals surface area (Å²) in [6.07, 6.45) is -4.41. The first-order valence-corrected chi connectivity index (χ1v) is 7.89. The zero-order valence-corrected chi connectivity index (χ0v) is 12.9. The van der Waals surface area contributed by atoms with Gasteiger partial charge in [-0.3, -0.25) is 0 Å². The average Bonchev–Trinajstić information content (AvgIpc) is 2.37. The van der Waals surface area contributed by atoms with Gasteiger partial charge >= 0.3 is 6.18 Å². The highest BCUT2D eigenvalue weighted by Crippen LogP contribution is 2.11. The molecule has 0 bridgehead atoms. The number of halogens is 3. The normalized spacial score (nSPS) is 13.0. The maximum absolute atomic E-state index is 11.0. The van der Waals surface area contributed by atoms with E-state index in [0.29, 0.717) is 5.75 Å². The molecule has 0 heterocycles. The van der Waals surface area contributed by atoms with Crippen LogP contribution in [0.3, 0.4) is 0 Å². The van der Waals surface area contributed by atoms with E-state index >= 15 is 0 Å². The highest BCUT2D eigenvalue weighted by molar-refractivity contribution is 7.89. The molecule has 0 amide bonds. The number of primary sulfonamides is 1. The number of rotatable bonds is 4. The van der Waals surface area contributed by atoms with Crippen molar-refractivity contribution in [1.82, 2.24) is 0 Å². The number of thiol groups is 1. The average molecular weight is 360 g/mol. The smallest absolute Gasteiger partial charge is 0.430 e. The third-order valence-corrected chi connectivity index (χ3v) is 3.71. The Balaban J connectivity index is 0.000000534. The van der Waals surface area contributed by atoms with Crippen molar-refractivity contribution in [3.63, 3.8) is 0 Å². The van der Waals surface area contributed by atoms with Crippen molar-refractivity contribution in [2.75, 3.05) is 5.75 Å². The first-order valence-electron chi connectivity index (χ1n) is 5.71. The second-order valence-electron chi connectivity index (χ2n) is 4.23. The molecule has 1 aromatic carbocycles. The Morgan fingerprint density at radius 2 is 1.73 bits per heavy atom. The summed E-state index contributed by atoms with van der Waals surface area (Å²) in [5.41, 5.74) is 4.94. The molecule has 0 aromatic heterocycles. The molecule has 1 aromatic rings. The lowest BCUT2D eigenvalue weighted by molar-refractivity contribution is -0.411. The molecule has 0 fully saturated rings. The number of carbonyl (C=O) groups excluding carboxylic acids is 1. The van der Waals surface area contributed by atoms with Gasteiger partial charge in [0, 0.05) is 12.2 Å². The number of aliphatic carboxylic acids is 1. The van der Waals surface area contributed by atoms with Gasteiger partial charge in [-0.05, 0) is 17.7 Å². The van der Waals surface area contributed by atoms with Crippen molar-refractivity contribution in [1.29, 1.82) is 0 Å². The second-order valence-corrected chi connectivity index (χ2v) is 6.15. The number of carboxylic acid groups (broad SMARTS) is 1. The van der Waals surface area contributed by atoms with Crippen LogP contribution in [0.25, 0.3) is 0 Å². The number of hydrogen-bond acceptors (Lipinski definition) is 5. The van der Waals surface area contributed by atoms with Gasteiger partial charge in [-0.25, -0.2) is 13.6 Å². The van der Waals surface area contributed by atoms with Crippen LogP contribution in [0.2, 0.25) is 0 Å². The summed E-state index contributed by atoms with van der Waals surface area (Å²) >= 11 is 4.13. The lowest BCUT2D eigenvalue weighted by atomic mass is 10.1. The van der Waals surface area contributed by atoms with Crippen LogP contribution in [0.1, 0.15) is 5.56 Å². The van der Waals surface area contributed by atoms with Crippen molar-refractivity contribution in [3.05, 3.63) is 29.8 Å². The van der Waals surface area contributed by atoms with Crippen molar-refractivity contribution in [2.45, 2.75) is 23.5 Å². The SMILES string of the molecule is NS(=O)(=O)c1ccc(CC([NH3+])CS)cc1.O=C([O-])C(F)(F)F. The van der Waals surface area contributed by atoms with Gasteiger partial charge in [0.25, 0.3) is 0 Å². The molecule has 0 aliphatic carbocycles. The molecule has 1 atom stereocenters. The van der Waals surface area contributed by atoms with Crippen LogP contribution in [-0.2, 0) is 21.2 Å². The Morgan fingerprint density at radius 1 is 1.32 bits per heavy atom. The molecular weight excluding hydrogens is 345 g/mol. The first kappa shape index (κ1) is 20.7. The van der Waals surface area contributed by atoms with E-state index in [1.165, 1.54) is 12.1 Å². The molecule has 11 heteroatoms. The molecule has 0 aliphatic heterocycles. The minimum absolute atomic E-state index is 0.137. The highest BCUT2D eigenvalue weighted by Gasteiger charge is 2.28. The molecule has 1 rings (SSSR count). The Kier molecular flexibility index (Phi) is 7.87. The summed E-state index contributed by atoms with van der Waals surface area (Å²) in [6, 6.07) is 6.75. The van der Waals surface area contributed by atoms with E-state index in [0.717, 1.165) is 12.0 Å². The van der Waals surface area contributed by atoms with Gasteiger partial charge in [-0.15, -0.1) is 0 Å². The monoisotopic (exact) mass is 360 g/mol. The first-order chi connectivity index (χ1) is 9.87. The zero-order chi connectivity index (χ0) is 17.6. The van der Waals surface area contributed by atoms with Crippen LogP contribution in [0.5, 0.6) is 0 Å². The van der Waals surface area contributed by atoms with E-state index in [-0.39, 0.29) is 10.9 Å². The van der Waals surface area contributed by atoms with Gasteiger partial charge in [-0.1, -0.05) is 12.1 Å². The van der Waals surface area contributed by atoms with Crippen LogP contribution in [0.15, 0.2) is 29.2 Å². The van der Waals surface area contributed by atoms with Crippen LogP contribution in [0.4, 0.5) is 13.2 Å². The van der Waals surface area contributed by atoms with Crippen LogP contribution in [-0.4, -0.2) is 32.4 Å². The maximum Gasteiger partial charge on any atom is 0.430 e. The fourth-order valence-electron chi connectivity index (χ4n) is 1.21. The van der Waals surface area contributed by atoms with Gasteiger partial charge < -0.3 is 15.6 Å². The third kappa shape index (κ3) is 8.22. The van der Waals surface area contributed by atoms with E-state index < -0.39 is 22.2 Å². The Labute approximate surface area is 130 Å². The molecule has 22 heavy (non-hydrogen) atoms. The number of benzene rings is 1. The molecule has 5 N–H and O–H groups in total. The van der Waals surface area contributed by atoms with Gasteiger partial charge in [0.2, 0.25) is 10.0 Å². The van der Waals surface area contributed by atoms with Crippen LogP contribution >= 0.6 is 12.6 Å². The van der Waals surface area contributed by atoms with Crippen LogP contribution in [0, 0.1) is 0 Å². The predicted octanol–water partition coefficient (Wildman–Crippen LogP) is -1.28. The molecule has 0 saturated heterocycles. The van der Waals surface area contributed by atoms with Gasteiger partial charge in [0.15, 0.2) is 0 Å². The van der Waals surface area contributed by atoms with E-state index in [4.69, 9.17) is 15.0 Å². The highest BCUT2D eigenvalue weighted by atomic mass is 32.2. The number of nitrogens with two attached hydrogens (primary N) is 1. The van der Waals surface area contributed by atoms with Gasteiger partial charge in [0.1, 0.15) is 5.97 Å². The minimum Gasteiger partial charge on any atom is -0.542 e. The van der Waals surface area contributed by atoms with Crippen molar-refractivity contribution in [2.24, 2.45) is 5.14 Å². The summed E-state index contributed by atoms with van der Waals surface area (Å²) in [5.74, 6) is -2.30. The molecular formula is C11H15F3N2O4S2. The van der Waals surface area contributed by atoms with E-state index in [1.807, 2.05) is 0 Å². The predicted molar refractivity (Wildman–Crippen MR) is 73.1 cm³/mol. The lowest BCUT2D eigenvalue weighted by Gasteiger charge is -2.05. The number of carbonyl (C=O) groups is 1. The molecule has 0 spiro atoms. The number of alkyl halides is 3. The summed E-state index contributed by atoms with van der Waals surface area (Å²) in [5, 5.41) is 13.8. The lowest BCUT2D eigenvalue weighted by Crippen LogP contribution is -2.63. The molecule has 1 unspecified atom stereocenters. The molecule has 6 nitrogen and oxygen atoms in total. The third-order valence-electron chi connectivity index (χ3n) is 2.27. The summed E-state index contributed by atoms with van der Waals surface area (Å²) in [6.45, 7) is 0. The van der Waals surface area contributed by atoms with Crippen molar-refractivity contribution >= 4 is 28.6 Å². The maximum atomic E-state index is 11.0. The summed E-state index contributed by atoms with van der Waals surface area (Å²) in [4.78, 5) is 8.92. The number of quaternary nitrogens is 1. The fraction of sp³-hybridized carbons (Fsp3) is 0.364. The summed E-state index contributed by atoms with van der Waals surface area (Å²) in [7, 11) is -3.58. The van der Waals surface area contributed by atoms with Crippen molar-refractivity contribution < 1.29 is 37.2 Å². The molecule has 126 valence electrons. The molecule has 0 saturated carbocycles. The number of sulfonamides is 1. The Bertz CT molecular complexity index is 588. The van der Waals surface area contributed by atoms with Gasteiger partial charge in [-0.2, -0.15) is 25.8 Å². The quantitative estimate of drug-likeness (QED) is 0.578. The topological polar surface area (TPSA) is 128 Å².